The van der Waals surface area contributed by atoms with Crippen LogP contribution in [0.2, 0.25) is 5.02 Å². The van der Waals surface area contributed by atoms with E-state index in [2.05, 4.69) is 4.90 Å². The van der Waals surface area contributed by atoms with Crippen LogP contribution in [-0.4, -0.2) is 26.3 Å². The van der Waals surface area contributed by atoms with E-state index in [1.807, 2.05) is 12.1 Å². The molecule has 0 saturated carbocycles. The zero-order chi connectivity index (χ0) is 11.1. The van der Waals surface area contributed by atoms with Gasteiger partial charge in [-0.25, -0.2) is 0 Å². The standard InChI is InChI=1S/C12H14ClNO2/c1-15-11-6-10-12(5-9(11)13)16-7-8-3-2-4-14(8)10/h5-6,8H,2-4,7H2,1H3. The minimum Gasteiger partial charge on any atom is -0.495 e. The number of ether oxygens (including phenoxy) is 2. The van der Waals surface area contributed by atoms with Crippen LogP contribution in [0.4, 0.5) is 5.69 Å². The lowest BCUT2D eigenvalue weighted by Gasteiger charge is -2.33. The Morgan fingerprint density at radius 2 is 2.38 bits per heavy atom. The number of methoxy groups -OCH3 is 1. The highest BCUT2D eigenvalue weighted by atomic mass is 35.5. The van der Waals surface area contributed by atoms with E-state index >= 15 is 0 Å². The fraction of sp³-hybridized carbons (Fsp3) is 0.500. The molecule has 2 heterocycles. The van der Waals surface area contributed by atoms with Crippen LogP contribution < -0.4 is 14.4 Å². The lowest BCUT2D eigenvalue weighted by molar-refractivity contribution is 0.271. The number of halogens is 1. The molecular weight excluding hydrogens is 226 g/mol. The van der Waals surface area contributed by atoms with Gasteiger partial charge < -0.3 is 14.4 Å². The SMILES string of the molecule is COc1cc2c(cc1Cl)OCC1CCCN21. The molecule has 0 aliphatic carbocycles. The van der Waals surface area contributed by atoms with Gasteiger partial charge in [0.2, 0.25) is 0 Å². The Morgan fingerprint density at radius 1 is 1.50 bits per heavy atom. The second-order valence-electron chi connectivity index (χ2n) is 4.25. The van der Waals surface area contributed by atoms with Crippen molar-refractivity contribution in [3.8, 4) is 11.5 Å². The summed E-state index contributed by atoms with van der Waals surface area (Å²) >= 11 is 6.08. The van der Waals surface area contributed by atoms with Crippen molar-refractivity contribution in [3.63, 3.8) is 0 Å². The fourth-order valence-corrected chi connectivity index (χ4v) is 2.76. The van der Waals surface area contributed by atoms with Gasteiger partial charge in [0.1, 0.15) is 18.1 Å². The predicted octanol–water partition coefficient (Wildman–Crippen LogP) is 2.71. The minimum absolute atomic E-state index is 0.526. The van der Waals surface area contributed by atoms with Gasteiger partial charge in [0.05, 0.1) is 23.9 Å². The van der Waals surface area contributed by atoms with Crippen LogP contribution in [0.3, 0.4) is 0 Å². The van der Waals surface area contributed by atoms with Crippen LogP contribution in [0.15, 0.2) is 12.1 Å². The second-order valence-corrected chi connectivity index (χ2v) is 4.66. The van der Waals surface area contributed by atoms with Crippen LogP contribution >= 0.6 is 11.6 Å². The molecule has 1 unspecified atom stereocenters. The highest BCUT2D eigenvalue weighted by Gasteiger charge is 2.32. The summed E-state index contributed by atoms with van der Waals surface area (Å²) in [4.78, 5) is 2.40. The molecule has 2 aliphatic rings. The normalized spacial score (nSPS) is 22.4. The molecule has 2 aliphatic heterocycles. The summed E-state index contributed by atoms with van der Waals surface area (Å²) < 4.78 is 11.0. The smallest absolute Gasteiger partial charge is 0.144 e. The van der Waals surface area contributed by atoms with E-state index in [9.17, 15) is 0 Å². The molecule has 4 heteroatoms. The van der Waals surface area contributed by atoms with Gasteiger partial charge in [-0.3, -0.25) is 0 Å². The first-order valence-electron chi connectivity index (χ1n) is 5.56. The highest BCUT2D eigenvalue weighted by Crippen LogP contribution is 2.43. The van der Waals surface area contributed by atoms with Crippen molar-refractivity contribution in [2.24, 2.45) is 0 Å². The quantitative estimate of drug-likeness (QED) is 0.752. The van der Waals surface area contributed by atoms with E-state index in [0.29, 0.717) is 11.1 Å². The fourth-order valence-electron chi connectivity index (χ4n) is 2.53. The van der Waals surface area contributed by atoms with Crippen LogP contribution in [0.1, 0.15) is 12.8 Å². The second kappa shape index (κ2) is 3.74. The Kier molecular flexibility index (Phi) is 2.36. The molecule has 1 aromatic carbocycles. The molecule has 3 rings (SSSR count). The number of hydrogen-bond acceptors (Lipinski definition) is 3. The summed E-state index contributed by atoms with van der Waals surface area (Å²) in [5.41, 5.74) is 1.12. The monoisotopic (exact) mass is 239 g/mol. The lowest BCUT2D eigenvalue weighted by Crippen LogP contribution is -2.38. The van der Waals surface area contributed by atoms with Gasteiger partial charge in [-0.1, -0.05) is 11.6 Å². The van der Waals surface area contributed by atoms with Gasteiger partial charge in [0.25, 0.3) is 0 Å². The molecule has 0 bridgehead atoms. The van der Waals surface area contributed by atoms with Gasteiger partial charge in [-0.05, 0) is 12.8 Å². The molecule has 86 valence electrons. The number of anilines is 1. The van der Waals surface area contributed by atoms with E-state index in [1.165, 1.54) is 12.8 Å². The molecule has 0 aromatic heterocycles. The maximum atomic E-state index is 6.08. The number of nitrogens with zero attached hydrogens (tertiary/aromatic N) is 1. The highest BCUT2D eigenvalue weighted by molar-refractivity contribution is 6.32. The molecule has 0 amide bonds. The Hall–Kier alpha value is -1.09. The molecule has 1 aromatic rings. The Balaban J connectivity index is 2.07. The van der Waals surface area contributed by atoms with Crippen molar-refractivity contribution in [2.75, 3.05) is 25.2 Å². The molecule has 0 N–H and O–H groups in total. The van der Waals surface area contributed by atoms with E-state index in [4.69, 9.17) is 21.1 Å². The first kappa shape index (κ1) is 10.1. The maximum Gasteiger partial charge on any atom is 0.144 e. The number of hydrogen-bond donors (Lipinski definition) is 0. The first-order chi connectivity index (χ1) is 7.79. The van der Waals surface area contributed by atoms with Crippen molar-refractivity contribution < 1.29 is 9.47 Å². The maximum absolute atomic E-state index is 6.08. The molecule has 0 spiro atoms. The zero-order valence-corrected chi connectivity index (χ0v) is 9.96. The van der Waals surface area contributed by atoms with Crippen LogP contribution in [0.25, 0.3) is 0 Å². The van der Waals surface area contributed by atoms with E-state index in [1.54, 1.807) is 7.11 Å². The average molecular weight is 240 g/mol. The van der Waals surface area contributed by atoms with E-state index < -0.39 is 0 Å². The van der Waals surface area contributed by atoms with Gasteiger partial charge in [-0.15, -0.1) is 0 Å². The molecule has 0 radical (unpaired) electrons. The largest absolute Gasteiger partial charge is 0.495 e. The van der Waals surface area contributed by atoms with Gasteiger partial charge >= 0.3 is 0 Å². The van der Waals surface area contributed by atoms with Crippen molar-refractivity contribution in [3.05, 3.63) is 17.2 Å². The third kappa shape index (κ3) is 1.42. The summed E-state index contributed by atoms with van der Waals surface area (Å²) in [5.74, 6) is 1.60. The van der Waals surface area contributed by atoms with E-state index in [0.717, 1.165) is 30.3 Å². The summed E-state index contributed by atoms with van der Waals surface area (Å²) in [5, 5.41) is 0.610. The van der Waals surface area contributed by atoms with Gasteiger partial charge in [0.15, 0.2) is 0 Å². The third-order valence-electron chi connectivity index (χ3n) is 3.35. The van der Waals surface area contributed by atoms with Crippen LogP contribution in [0, 0.1) is 0 Å². The molecule has 1 fully saturated rings. The van der Waals surface area contributed by atoms with E-state index in [-0.39, 0.29) is 0 Å². The molecule has 16 heavy (non-hydrogen) atoms. The predicted molar refractivity (Wildman–Crippen MR) is 63.9 cm³/mol. The lowest BCUT2D eigenvalue weighted by atomic mass is 10.1. The number of benzene rings is 1. The topological polar surface area (TPSA) is 21.7 Å². The van der Waals surface area contributed by atoms with Crippen molar-refractivity contribution in [2.45, 2.75) is 18.9 Å². The molecular formula is C12H14ClNO2. The number of fused-ring (bicyclic) bond motifs is 3. The van der Waals surface area contributed by atoms with Crippen LogP contribution in [0.5, 0.6) is 11.5 Å². The van der Waals surface area contributed by atoms with Gasteiger partial charge in [0, 0.05) is 18.7 Å². The third-order valence-corrected chi connectivity index (χ3v) is 3.65. The summed E-state index contributed by atoms with van der Waals surface area (Å²) in [7, 11) is 1.64. The average Bonchev–Trinajstić information content (AvgIpc) is 2.76. The number of rotatable bonds is 1. The summed E-state index contributed by atoms with van der Waals surface area (Å²) in [6.45, 7) is 1.88. The van der Waals surface area contributed by atoms with Crippen molar-refractivity contribution >= 4 is 17.3 Å². The zero-order valence-electron chi connectivity index (χ0n) is 9.20. The summed E-state index contributed by atoms with van der Waals surface area (Å²) in [6.07, 6.45) is 2.45. The van der Waals surface area contributed by atoms with Crippen molar-refractivity contribution in [1.82, 2.24) is 0 Å². The first-order valence-corrected chi connectivity index (χ1v) is 5.94. The Morgan fingerprint density at radius 3 is 3.19 bits per heavy atom. The molecule has 1 atom stereocenters. The van der Waals surface area contributed by atoms with Gasteiger partial charge in [-0.2, -0.15) is 0 Å². The van der Waals surface area contributed by atoms with Crippen molar-refractivity contribution in [1.29, 1.82) is 0 Å². The minimum atomic E-state index is 0.526. The molecule has 3 nitrogen and oxygen atoms in total. The molecule has 1 saturated heterocycles. The Labute approximate surface area is 99.9 Å². The van der Waals surface area contributed by atoms with Crippen LogP contribution in [-0.2, 0) is 0 Å². The Bertz CT molecular complexity index is 422. The summed E-state index contributed by atoms with van der Waals surface area (Å²) in [6, 6.07) is 4.36.